The van der Waals surface area contributed by atoms with Gasteiger partial charge in [-0.3, -0.25) is 9.21 Å². The van der Waals surface area contributed by atoms with Crippen molar-refractivity contribution in [3.63, 3.8) is 0 Å². The van der Waals surface area contributed by atoms with Gasteiger partial charge in [0.15, 0.2) is 0 Å². The number of hydrogen-bond donors (Lipinski definition) is 1. The molecule has 3 aliphatic rings. The Morgan fingerprint density at radius 2 is 0.923 bits per heavy atom. The third-order valence-corrected chi connectivity index (χ3v) is 7.56. The molecule has 26 heavy (non-hydrogen) atoms. The van der Waals surface area contributed by atoms with Crippen LogP contribution in [0.5, 0.6) is 0 Å². The van der Waals surface area contributed by atoms with Crippen molar-refractivity contribution in [1.82, 2.24) is 19.0 Å². The number of piperidine rings is 3. The van der Waals surface area contributed by atoms with Crippen LogP contribution in [0.2, 0.25) is 0 Å². The first-order chi connectivity index (χ1) is 12.5. The summed E-state index contributed by atoms with van der Waals surface area (Å²) in [7, 11) is 0. The molecule has 0 bridgehead atoms. The molecule has 0 aromatic rings. The lowest BCUT2D eigenvalue weighted by Gasteiger charge is -2.50. The van der Waals surface area contributed by atoms with Gasteiger partial charge in [0.1, 0.15) is 0 Å². The van der Waals surface area contributed by atoms with Crippen LogP contribution in [0.25, 0.3) is 0 Å². The summed E-state index contributed by atoms with van der Waals surface area (Å²) in [5.41, 5.74) is 0. The van der Waals surface area contributed by atoms with Crippen molar-refractivity contribution in [2.24, 2.45) is 0 Å². The quantitative estimate of drug-likeness (QED) is 0.732. The summed E-state index contributed by atoms with van der Waals surface area (Å²) in [6.45, 7) is 16.9. The summed E-state index contributed by atoms with van der Waals surface area (Å²) < 4.78 is 2.22. The maximum absolute atomic E-state index is 4.59. The molecule has 5 heteroatoms. The molecule has 0 aliphatic carbocycles. The van der Waals surface area contributed by atoms with Crippen LogP contribution in [-0.2, 0) is 0 Å². The van der Waals surface area contributed by atoms with Gasteiger partial charge in [0.25, 0.3) is 0 Å². The highest BCUT2D eigenvalue weighted by Gasteiger charge is 2.37. The standard InChI is InChI=1S/C21H42N4S/c1-17(2)22-11-5-19(6-12-22)25(21-9-15-24(26)16-10-21)20-7-13-23(14-8-20)18(3)4/h17-21,26H,5-16H2,1-4H3. The Hall–Kier alpha value is 0.190. The van der Waals surface area contributed by atoms with Gasteiger partial charge in [-0.2, -0.15) is 0 Å². The second-order valence-electron chi connectivity index (χ2n) is 9.35. The van der Waals surface area contributed by atoms with Crippen LogP contribution >= 0.6 is 12.8 Å². The molecule has 3 aliphatic heterocycles. The summed E-state index contributed by atoms with van der Waals surface area (Å²) in [5, 5.41) is 0. The van der Waals surface area contributed by atoms with E-state index in [-0.39, 0.29) is 0 Å². The molecule has 0 amide bonds. The third kappa shape index (κ3) is 5.16. The topological polar surface area (TPSA) is 13.0 Å². The van der Waals surface area contributed by atoms with Gasteiger partial charge >= 0.3 is 0 Å². The van der Waals surface area contributed by atoms with Crippen LogP contribution < -0.4 is 0 Å². The molecule has 0 unspecified atom stereocenters. The fourth-order valence-electron chi connectivity index (χ4n) is 5.45. The van der Waals surface area contributed by atoms with E-state index in [4.69, 9.17) is 0 Å². The number of thiol groups is 1. The van der Waals surface area contributed by atoms with E-state index >= 15 is 0 Å². The molecular weight excluding hydrogens is 340 g/mol. The van der Waals surface area contributed by atoms with Crippen LogP contribution in [0.15, 0.2) is 0 Å². The Morgan fingerprint density at radius 3 is 1.23 bits per heavy atom. The first kappa shape index (κ1) is 20.9. The largest absolute Gasteiger partial charge is 0.301 e. The van der Waals surface area contributed by atoms with Gasteiger partial charge in [0.05, 0.1) is 0 Å². The van der Waals surface area contributed by atoms with E-state index in [1.165, 1.54) is 64.7 Å². The van der Waals surface area contributed by atoms with Crippen LogP contribution in [-0.4, -0.2) is 88.5 Å². The predicted octanol–water partition coefficient (Wildman–Crippen LogP) is 3.34. The smallest absolute Gasteiger partial charge is 0.0126 e. The fraction of sp³-hybridized carbons (Fsp3) is 1.00. The molecule has 0 radical (unpaired) electrons. The number of nitrogens with zero attached hydrogens (tertiary/aromatic N) is 4. The van der Waals surface area contributed by atoms with Crippen LogP contribution in [0, 0.1) is 0 Å². The minimum absolute atomic E-state index is 0.700. The van der Waals surface area contributed by atoms with E-state index in [2.05, 4.69) is 59.5 Å². The fourth-order valence-corrected chi connectivity index (χ4v) is 5.68. The summed E-state index contributed by atoms with van der Waals surface area (Å²) >= 11 is 4.59. The van der Waals surface area contributed by atoms with E-state index in [9.17, 15) is 0 Å². The first-order valence-electron chi connectivity index (χ1n) is 11.1. The lowest BCUT2D eigenvalue weighted by molar-refractivity contribution is -0.0116. The number of rotatable bonds is 5. The summed E-state index contributed by atoms with van der Waals surface area (Å²) in [6, 6.07) is 3.79. The van der Waals surface area contributed by atoms with Crippen LogP contribution in [0.3, 0.4) is 0 Å². The van der Waals surface area contributed by atoms with Crippen LogP contribution in [0.1, 0.15) is 66.2 Å². The van der Waals surface area contributed by atoms with Crippen molar-refractivity contribution in [1.29, 1.82) is 0 Å². The minimum atomic E-state index is 0.700. The van der Waals surface area contributed by atoms with E-state index in [0.29, 0.717) is 12.1 Å². The highest BCUT2D eigenvalue weighted by Crippen LogP contribution is 2.31. The second kappa shape index (κ2) is 9.60. The molecule has 152 valence electrons. The van der Waals surface area contributed by atoms with Crippen LogP contribution in [0.4, 0.5) is 0 Å². The molecule has 0 aromatic carbocycles. The summed E-state index contributed by atoms with van der Waals surface area (Å²) in [4.78, 5) is 8.37. The molecule has 4 nitrogen and oxygen atoms in total. The van der Waals surface area contributed by atoms with Crippen molar-refractivity contribution in [3.8, 4) is 0 Å². The molecule has 3 saturated heterocycles. The average Bonchev–Trinajstić information content (AvgIpc) is 2.64. The number of hydrogen-bond acceptors (Lipinski definition) is 5. The summed E-state index contributed by atoms with van der Waals surface area (Å²) in [5.74, 6) is 0. The van der Waals surface area contributed by atoms with Crippen molar-refractivity contribution in [2.45, 2.75) is 96.4 Å². The zero-order chi connectivity index (χ0) is 18.7. The first-order valence-corrected chi connectivity index (χ1v) is 11.5. The second-order valence-corrected chi connectivity index (χ2v) is 9.92. The van der Waals surface area contributed by atoms with E-state index in [0.717, 1.165) is 31.2 Å². The molecule has 0 N–H and O–H groups in total. The number of likely N-dealkylation sites (tertiary alicyclic amines) is 2. The van der Waals surface area contributed by atoms with Gasteiger partial charge in [-0.05, 0) is 92.4 Å². The van der Waals surface area contributed by atoms with E-state index in [1.807, 2.05) is 0 Å². The molecule has 0 aromatic heterocycles. The maximum atomic E-state index is 4.59. The van der Waals surface area contributed by atoms with Gasteiger partial charge in [-0.15, -0.1) is 0 Å². The molecule has 0 spiro atoms. The van der Waals surface area contributed by atoms with Crippen molar-refractivity contribution < 1.29 is 0 Å². The molecular formula is C21H42N4S. The monoisotopic (exact) mass is 382 g/mol. The normalized spacial score (nSPS) is 27.2. The molecule has 3 rings (SSSR count). The van der Waals surface area contributed by atoms with Gasteiger partial charge < -0.3 is 9.80 Å². The molecule has 3 heterocycles. The summed E-state index contributed by atoms with van der Waals surface area (Å²) in [6.07, 6.45) is 8.07. The van der Waals surface area contributed by atoms with Crippen molar-refractivity contribution in [3.05, 3.63) is 0 Å². The highest BCUT2D eigenvalue weighted by molar-refractivity contribution is 7.77. The van der Waals surface area contributed by atoms with E-state index in [1.54, 1.807) is 0 Å². The Bertz CT molecular complexity index is 378. The lowest BCUT2D eigenvalue weighted by Crippen LogP contribution is -2.58. The van der Waals surface area contributed by atoms with Crippen molar-refractivity contribution >= 4 is 12.8 Å². The molecule has 3 fully saturated rings. The third-order valence-electron chi connectivity index (χ3n) is 7.16. The zero-order valence-corrected chi connectivity index (χ0v) is 18.5. The van der Waals surface area contributed by atoms with Gasteiger partial charge in [0, 0.05) is 43.3 Å². The minimum Gasteiger partial charge on any atom is -0.301 e. The van der Waals surface area contributed by atoms with Gasteiger partial charge in [-0.25, -0.2) is 0 Å². The Balaban J connectivity index is 1.65. The molecule has 0 saturated carbocycles. The lowest BCUT2D eigenvalue weighted by atomic mass is 9.90. The maximum Gasteiger partial charge on any atom is 0.0126 e. The van der Waals surface area contributed by atoms with Gasteiger partial charge in [0.2, 0.25) is 0 Å². The Morgan fingerprint density at radius 1 is 0.615 bits per heavy atom. The Kier molecular flexibility index (Phi) is 7.72. The Labute approximate surface area is 167 Å². The molecule has 0 atom stereocenters. The van der Waals surface area contributed by atoms with E-state index < -0.39 is 0 Å². The average molecular weight is 383 g/mol. The zero-order valence-electron chi connectivity index (χ0n) is 17.6. The van der Waals surface area contributed by atoms with Crippen molar-refractivity contribution in [2.75, 3.05) is 39.3 Å². The SMILES string of the molecule is CC(C)N1CCC(N(C2CCN(S)CC2)C2CCN(C(C)C)CC2)CC1. The predicted molar refractivity (Wildman–Crippen MR) is 115 cm³/mol. The van der Waals surface area contributed by atoms with Gasteiger partial charge in [-0.1, -0.05) is 12.8 Å². The highest BCUT2D eigenvalue weighted by atomic mass is 32.1.